The van der Waals surface area contributed by atoms with Crippen molar-refractivity contribution in [2.75, 3.05) is 0 Å². The number of alkyl halides is 1. The van der Waals surface area contributed by atoms with E-state index in [0.29, 0.717) is 4.83 Å². The summed E-state index contributed by atoms with van der Waals surface area (Å²) >= 11 is 3.47. The number of hydrogen-bond acceptors (Lipinski definition) is 0. The summed E-state index contributed by atoms with van der Waals surface area (Å²) < 4.78 is 13.5. The molecule has 3 heteroatoms. The lowest BCUT2D eigenvalue weighted by atomic mass is 10.1. The third-order valence-corrected chi connectivity index (χ3v) is 2.56. The SMILES string of the molecule is CC(Br)Cc1c[nH]c2cccc(F)c12. The number of rotatable bonds is 2. The minimum absolute atomic E-state index is 0.146. The summed E-state index contributed by atoms with van der Waals surface area (Å²) in [5, 5.41) is 0.721. The monoisotopic (exact) mass is 255 g/mol. The molecular formula is C11H11BrFN. The van der Waals surface area contributed by atoms with E-state index in [0.717, 1.165) is 22.9 Å². The Labute approximate surface area is 90.5 Å². The highest BCUT2D eigenvalue weighted by atomic mass is 79.9. The van der Waals surface area contributed by atoms with E-state index in [2.05, 4.69) is 27.8 Å². The van der Waals surface area contributed by atoms with Crippen LogP contribution in [0.15, 0.2) is 24.4 Å². The molecule has 0 saturated heterocycles. The molecular weight excluding hydrogens is 245 g/mol. The van der Waals surface area contributed by atoms with Crippen LogP contribution in [0.4, 0.5) is 4.39 Å². The lowest BCUT2D eigenvalue weighted by Crippen LogP contribution is -1.95. The molecule has 14 heavy (non-hydrogen) atoms. The van der Waals surface area contributed by atoms with Crippen LogP contribution in [-0.2, 0) is 6.42 Å². The van der Waals surface area contributed by atoms with Crippen LogP contribution in [0.2, 0.25) is 0 Å². The van der Waals surface area contributed by atoms with Gasteiger partial charge in [-0.3, -0.25) is 0 Å². The van der Waals surface area contributed by atoms with Crippen molar-refractivity contribution in [1.82, 2.24) is 4.98 Å². The van der Waals surface area contributed by atoms with Crippen LogP contribution in [0.1, 0.15) is 12.5 Å². The molecule has 0 bridgehead atoms. The molecule has 1 nitrogen and oxygen atoms in total. The van der Waals surface area contributed by atoms with Gasteiger partial charge < -0.3 is 4.98 Å². The number of H-pyrrole nitrogens is 1. The Morgan fingerprint density at radius 1 is 1.50 bits per heavy atom. The van der Waals surface area contributed by atoms with Crippen LogP contribution in [0.25, 0.3) is 10.9 Å². The van der Waals surface area contributed by atoms with E-state index < -0.39 is 0 Å². The van der Waals surface area contributed by atoms with Crippen LogP contribution in [0, 0.1) is 5.82 Å². The molecule has 1 aromatic carbocycles. The summed E-state index contributed by atoms with van der Waals surface area (Å²) in [6, 6.07) is 5.11. The van der Waals surface area contributed by atoms with Crippen LogP contribution >= 0.6 is 15.9 Å². The fourth-order valence-electron chi connectivity index (χ4n) is 1.67. The second-order valence-electron chi connectivity index (χ2n) is 3.46. The zero-order chi connectivity index (χ0) is 10.1. The van der Waals surface area contributed by atoms with Gasteiger partial charge in [0, 0.05) is 21.9 Å². The van der Waals surface area contributed by atoms with Crippen LogP contribution in [0.5, 0.6) is 0 Å². The van der Waals surface area contributed by atoms with Crippen LogP contribution in [0.3, 0.4) is 0 Å². The summed E-state index contributed by atoms with van der Waals surface area (Å²) in [5.41, 5.74) is 1.90. The third kappa shape index (κ3) is 1.69. The topological polar surface area (TPSA) is 15.8 Å². The highest BCUT2D eigenvalue weighted by molar-refractivity contribution is 9.09. The number of hydrogen-bond donors (Lipinski definition) is 1. The molecule has 2 aromatic rings. The molecule has 0 amide bonds. The second kappa shape index (κ2) is 3.73. The van der Waals surface area contributed by atoms with Gasteiger partial charge in [0.15, 0.2) is 0 Å². The smallest absolute Gasteiger partial charge is 0.132 e. The molecule has 74 valence electrons. The quantitative estimate of drug-likeness (QED) is 0.789. The number of aromatic nitrogens is 1. The largest absolute Gasteiger partial charge is 0.361 e. The van der Waals surface area contributed by atoms with E-state index >= 15 is 0 Å². The Kier molecular flexibility index (Phi) is 2.59. The number of fused-ring (bicyclic) bond motifs is 1. The Morgan fingerprint density at radius 2 is 2.29 bits per heavy atom. The van der Waals surface area contributed by atoms with Gasteiger partial charge in [-0.25, -0.2) is 4.39 Å². The van der Waals surface area contributed by atoms with Gasteiger partial charge in [0.1, 0.15) is 5.82 Å². The van der Waals surface area contributed by atoms with E-state index in [1.807, 2.05) is 12.3 Å². The first-order chi connectivity index (χ1) is 6.68. The molecule has 0 aliphatic rings. The van der Waals surface area contributed by atoms with E-state index in [4.69, 9.17) is 0 Å². The summed E-state index contributed by atoms with van der Waals surface area (Å²) in [5.74, 6) is -0.146. The molecule has 0 spiro atoms. The van der Waals surface area contributed by atoms with Crippen molar-refractivity contribution in [1.29, 1.82) is 0 Å². The van der Waals surface area contributed by atoms with Crippen molar-refractivity contribution < 1.29 is 4.39 Å². The summed E-state index contributed by atoms with van der Waals surface area (Å²) in [7, 11) is 0. The first-order valence-electron chi connectivity index (χ1n) is 4.57. The second-order valence-corrected chi connectivity index (χ2v) is 5.02. The Hall–Kier alpha value is -0.830. The minimum Gasteiger partial charge on any atom is -0.361 e. The van der Waals surface area contributed by atoms with E-state index in [1.165, 1.54) is 6.07 Å². The fraction of sp³-hybridized carbons (Fsp3) is 0.273. The molecule has 2 rings (SSSR count). The molecule has 0 fully saturated rings. The standard InChI is InChI=1S/C11H11BrFN/c1-7(12)5-8-6-14-10-4-2-3-9(13)11(8)10/h2-4,6-7,14H,5H2,1H3. The maximum absolute atomic E-state index is 13.5. The molecule has 0 radical (unpaired) electrons. The molecule has 0 saturated carbocycles. The number of nitrogens with one attached hydrogen (secondary N) is 1. The third-order valence-electron chi connectivity index (χ3n) is 2.24. The Balaban J connectivity index is 2.55. The molecule has 1 atom stereocenters. The van der Waals surface area contributed by atoms with Gasteiger partial charge in [-0.15, -0.1) is 0 Å². The van der Waals surface area contributed by atoms with E-state index in [-0.39, 0.29) is 5.82 Å². The molecule has 1 heterocycles. The minimum atomic E-state index is -0.146. The zero-order valence-electron chi connectivity index (χ0n) is 7.85. The van der Waals surface area contributed by atoms with Gasteiger partial charge in [-0.2, -0.15) is 0 Å². The highest BCUT2D eigenvalue weighted by Gasteiger charge is 2.09. The first-order valence-corrected chi connectivity index (χ1v) is 5.48. The van der Waals surface area contributed by atoms with Crippen LogP contribution in [-0.4, -0.2) is 9.81 Å². The number of aromatic amines is 1. The predicted molar refractivity (Wildman–Crippen MR) is 60.3 cm³/mol. The zero-order valence-corrected chi connectivity index (χ0v) is 9.44. The lowest BCUT2D eigenvalue weighted by molar-refractivity contribution is 0.639. The normalized spacial score (nSPS) is 13.4. The molecule has 1 N–H and O–H groups in total. The molecule has 1 aromatic heterocycles. The van der Waals surface area contributed by atoms with Crippen LogP contribution < -0.4 is 0 Å². The van der Waals surface area contributed by atoms with Crippen molar-refractivity contribution >= 4 is 26.8 Å². The van der Waals surface area contributed by atoms with E-state index in [1.54, 1.807) is 6.07 Å². The van der Waals surface area contributed by atoms with Crippen molar-refractivity contribution in [3.8, 4) is 0 Å². The summed E-state index contributed by atoms with van der Waals surface area (Å²) in [6.45, 7) is 2.06. The van der Waals surface area contributed by atoms with Gasteiger partial charge in [0.25, 0.3) is 0 Å². The van der Waals surface area contributed by atoms with E-state index in [9.17, 15) is 4.39 Å². The summed E-state index contributed by atoms with van der Waals surface area (Å²) in [4.78, 5) is 3.44. The Morgan fingerprint density at radius 3 is 3.00 bits per heavy atom. The number of halogens is 2. The van der Waals surface area contributed by atoms with Gasteiger partial charge in [0.2, 0.25) is 0 Å². The Bertz CT molecular complexity index is 447. The molecule has 0 aliphatic carbocycles. The lowest BCUT2D eigenvalue weighted by Gasteiger charge is -2.01. The van der Waals surface area contributed by atoms with Gasteiger partial charge in [0.05, 0.1) is 0 Å². The maximum Gasteiger partial charge on any atom is 0.132 e. The molecule has 1 unspecified atom stereocenters. The van der Waals surface area contributed by atoms with Crippen molar-refractivity contribution in [3.05, 3.63) is 35.8 Å². The van der Waals surface area contributed by atoms with Crippen molar-refractivity contribution in [2.45, 2.75) is 18.2 Å². The predicted octanol–water partition coefficient (Wildman–Crippen LogP) is 3.63. The van der Waals surface area contributed by atoms with Gasteiger partial charge >= 0.3 is 0 Å². The number of benzene rings is 1. The average molecular weight is 256 g/mol. The average Bonchev–Trinajstić information content (AvgIpc) is 2.49. The van der Waals surface area contributed by atoms with Crippen molar-refractivity contribution in [3.63, 3.8) is 0 Å². The van der Waals surface area contributed by atoms with Crippen molar-refractivity contribution in [2.24, 2.45) is 0 Å². The highest BCUT2D eigenvalue weighted by Crippen LogP contribution is 2.23. The van der Waals surface area contributed by atoms with Gasteiger partial charge in [-0.1, -0.05) is 28.9 Å². The first kappa shape index (κ1) is 9.71. The maximum atomic E-state index is 13.5. The van der Waals surface area contributed by atoms with Gasteiger partial charge in [-0.05, 0) is 24.1 Å². The summed E-state index contributed by atoms with van der Waals surface area (Å²) in [6.07, 6.45) is 2.71. The molecule has 0 aliphatic heterocycles. The fourth-order valence-corrected chi connectivity index (χ4v) is 2.02.